The molecule has 4 fully saturated rings. The highest BCUT2D eigenvalue weighted by Crippen LogP contribution is 2.45. The number of fused-ring (bicyclic) bond motifs is 2. The molecule has 0 spiro atoms. The Morgan fingerprint density at radius 3 is 1.92 bits per heavy atom. The number of pyridine rings is 4. The van der Waals surface area contributed by atoms with Crippen LogP contribution in [0.3, 0.4) is 0 Å². The number of likely N-dealkylation sites (tertiary alicyclic amines) is 2. The average Bonchev–Trinajstić information content (AvgIpc) is 4.27. The third kappa shape index (κ3) is 10.4. The van der Waals surface area contributed by atoms with E-state index in [1.165, 1.54) is 16.8 Å². The smallest absolute Gasteiger partial charge is 0.325 e. The van der Waals surface area contributed by atoms with Gasteiger partial charge >= 0.3 is 11.9 Å². The van der Waals surface area contributed by atoms with Crippen LogP contribution < -0.4 is 10.6 Å². The number of nitrogens with one attached hydrogen (secondary N) is 2. The summed E-state index contributed by atoms with van der Waals surface area (Å²) in [6.45, 7) is 4.30. The van der Waals surface area contributed by atoms with Crippen molar-refractivity contribution in [1.29, 1.82) is 0 Å². The topological polar surface area (TPSA) is 157 Å². The fraction of sp³-hybridized carbons (Fsp3) is 0.593. The van der Waals surface area contributed by atoms with Crippen molar-refractivity contribution in [3.63, 3.8) is 0 Å². The van der Waals surface area contributed by atoms with Gasteiger partial charge in [-0.25, -0.2) is 9.97 Å². The number of carboxylic acid groups (broad SMARTS) is 2. The molecule has 12 heteroatoms. The number of carbonyl (C=O) groups is 2. The second kappa shape index (κ2) is 20.5. The van der Waals surface area contributed by atoms with Crippen molar-refractivity contribution in [2.45, 2.75) is 158 Å². The first-order chi connectivity index (χ1) is 32.4. The van der Waals surface area contributed by atoms with Gasteiger partial charge in [0.2, 0.25) is 0 Å². The molecule has 12 nitrogen and oxygen atoms in total. The Morgan fingerprint density at radius 1 is 0.667 bits per heavy atom. The van der Waals surface area contributed by atoms with Crippen molar-refractivity contribution < 1.29 is 19.8 Å². The highest BCUT2D eigenvalue weighted by atomic mass is 16.4. The Kier molecular flexibility index (Phi) is 13.9. The van der Waals surface area contributed by atoms with Gasteiger partial charge < -0.3 is 20.8 Å². The van der Waals surface area contributed by atoms with Crippen molar-refractivity contribution in [2.24, 2.45) is 11.8 Å². The molecule has 66 heavy (non-hydrogen) atoms. The van der Waals surface area contributed by atoms with Crippen LogP contribution in [0.25, 0.3) is 0 Å². The number of nitrogens with zero attached hydrogens (tertiary/aromatic N) is 6. The summed E-state index contributed by atoms with van der Waals surface area (Å²) in [6.07, 6.45) is 24.3. The van der Waals surface area contributed by atoms with Crippen molar-refractivity contribution in [3.05, 3.63) is 106 Å². The van der Waals surface area contributed by atoms with Crippen molar-refractivity contribution >= 4 is 23.6 Å². The molecule has 2 saturated heterocycles. The molecule has 6 aliphatic rings. The second-order valence-electron chi connectivity index (χ2n) is 20.6. The van der Waals surface area contributed by atoms with Crippen LogP contribution in [-0.4, -0.2) is 90.7 Å². The van der Waals surface area contributed by atoms with E-state index in [9.17, 15) is 19.8 Å². The van der Waals surface area contributed by atoms with Crippen LogP contribution in [0.15, 0.2) is 60.9 Å². The fourth-order valence-electron chi connectivity index (χ4n) is 12.0. The maximum Gasteiger partial charge on any atom is 0.325 e. The molecule has 0 bridgehead atoms. The van der Waals surface area contributed by atoms with E-state index in [1.807, 2.05) is 36.7 Å². The molecule has 2 aliphatic carbocycles. The van der Waals surface area contributed by atoms with E-state index in [4.69, 9.17) is 9.97 Å². The lowest BCUT2D eigenvalue weighted by Gasteiger charge is -2.33. The molecule has 6 atom stereocenters. The number of carboxylic acids is 2. The van der Waals surface area contributed by atoms with Gasteiger partial charge in [-0.2, -0.15) is 0 Å². The number of anilines is 2. The molecule has 0 amide bonds. The second-order valence-corrected chi connectivity index (χ2v) is 20.6. The molecule has 4 aromatic rings. The van der Waals surface area contributed by atoms with Crippen molar-refractivity contribution in [1.82, 2.24) is 29.7 Å². The van der Waals surface area contributed by atoms with Gasteiger partial charge in [0.15, 0.2) is 0 Å². The van der Waals surface area contributed by atoms with Crippen LogP contribution in [0, 0.1) is 11.8 Å². The Balaban J connectivity index is 0.720. The van der Waals surface area contributed by atoms with E-state index >= 15 is 0 Å². The zero-order chi connectivity index (χ0) is 45.0. The largest absolute Gasteiger partial charge is 0.480 e. The van der Waals surface area contributed by atoms with Gasteiger partial charge in [-0.15, -0.1) is 0 Å². The molecule has 4 aromatic heterocycles. The molecule has 2 unspecified atom stereocenters. The maximum atomic E-state index is 12.7. The van der Waals surface area contributed by atoms with E-state index in [-0.39, 0.29) is 12.0 Å². The lowest BCUT2D eigenvalue weighted by atomic mass is 9.84. The summed E-state index contributed by atoms with van der Waals surface area (Å²) in [5, 5.41) is 28.3. The number of unbranched alkanes of at least 4 members (excludes halogenated alkanes) is 3. The van der Waals surface area contributed by atoms with Gasteiger partial charge in [0.1, 0.15) is 23.7 Å². The normalized spacial score (nSPS) is 23.3. The summed E-state index contributed by atoms with van der Waals surface area (Å²) in [4.78, 5) is 49.4. The molecule has 4 N–H and O–H groups in total. The van der Waals surface area contributed by atoms with Gasteiger partial charge in [-0.1, -0.05) is 49.9 Å². The maximum absolute atomic E-state index is 12.7. The van der Waals surface area contributed by atoms with Crippen LogP contribution >= 0.6 is 0 Å². The van der Waals surface area contributed by atoms with E-state index in [2.05, 4.69) is 54.7 Å². The molecule has 0 radical (unpaired) electrons. The molecular weight excluding hydrogens is 825 g/mol. The van der Waals surface area contributed by atoms with Crippen LogP contribution in [0.1, 0.15) is 178 Å². The van der Waals surface area contributed by atoms with Crippen molar-refractivity contribution in [2.75, 3.05) is 43.4 Å². The monoisotopic (exact) mass is 895 g/mol. The summed E-state index contributed by atoms with van der Waals surface area (Å²) in [5.74, 6) is 2.72. The van der Waals surface area contributed by atoms with E-state index < -0.39 is 24.0 Å². The Hall–Kier alpha value is -4.94. The number of aryl methyl sites for hydroxylation is 3. The van der Waals surface area contributed by atoms with Gasteiger partial charge in [0.05, 0.1) is 0 Å². The SMILES string of the molecule is O=C(O)[C@H](c1cccnc1C1CC1)N1CC[C@@H](CCCCC(c2ccc3c(n2)NCCC3)C2CCc3ccc(CCCCC[C@@H]4CCN([C@@H](C(=O)O)c5cccnc5C5CC5)C4)nc3N2)C1. The number of aliphatic carboxylic acids is 2. The first kappa shape index (κ1) is 44.9. The van der Waals surface area contributed by atoms with Gasteiger partial charge in [-0.05, 0) is 157 Å². The lowest BCUT2D eigenvalue weighted by molar-refractivity contribution is -0.144. The number of aromatic nitrogens is 4. The van der Waals surface area contributed by atoms with Crippen LogP contribution in [0.5, 0.6) is 0 Å². The number of hydrogen-bond acceptors (Lipinski definition) is 10. The first-order valence-corrected chi connectivity index (χ1v) is 25.7. The summed E-state index contributed by atoms with van der Waals surface area (Å²) < 4.78 is 0. The molecule has 0 aromatic carbocycles. The fourth-order valence-corrected chi connectivity index (χ4v) is 12.0. The Morgan fingerprint density at radius 2 is 1.29 bits per heavy atom. The zero-order valence-electron chi connectivity index (χ0n) is 38.8. The minimum absolute atomic E-state index is 0.248. The molecule has 8 heterocycles. The van der Waals surface area contributed by atoms with Crippen LogP contribution in [0.4, 0.5) is 11.6 Å². The number of hydrogen-bond donors (Lipinski definition) is 4. The molecular formula is C54H70N8O4. The highest BCUT2D eigenvalue weighted by molar-refractivity contribution is 5.77. The standard InChI is InChI=1S/C54H70N8O4/c63-53(64)49(43-14-7-28-55-47(43)37-16-17-37)61-31-26-35(33-61)9-2-1-3-12-41-23-20-40-22-25-46(60-52(40)58-41)42(45-24-21-39-11-6-30-57-51(39)59-45)13-5-4-10-36-27-32-62(34-36)50(54(65)66)44-15-8-29-56-48(44)38-18-19-38/h7-8,14-15,20-21,23-24,28-29,35-38,42,46,49-50H,1-6,9-13,16-19,22,25-27,30-34H2,(H,57,59)(H,58,60)(H,63,64)(H,65,66)/t35-,36-,42?,46?,49-,50+/m1/s1. The van der Waals surface area contributed by atoms with Crippen LogP contribution in [-0.2, 0) is 28.9 Å². The van der Waals surface area contributed by atoms with Crippen molar-refractivity contribution in [3.8, 4) is 0 Å². The van der Waals surface area contributed by atoms with E-state index in [0.717, 1.165) is 195 Å². The van der Waals surface area contributed by atoms with Gasteiger partial charge in [-0.3, -0.25) is 29.4 Å². The minimum Gasteiger partial charge on any atom is -0.480 e. The predicted molar refractivity (Wildman–Crippen MR) is 257 cm³/mol. The molecule has 10 rings (SSSR count). The third-order valence-electron chi connectivity index (χ3n) is 15.9. The molecule has 350 valence electrons. The minimum atomic E-state index is -0.759. The average molecular weight is 895 g/mol. The van der Waals surface area contributed by atoms with Crippen LogP contribution in [0.2, 0.25) is 0 Å². The summed E-state index contributed by atoms with van der Waals surface area (Å²) in [7, 11) is 0. The predicted octanol–water partition coefficient (Wildman–Crippen LogP) is 9.85. The Bertz CT molecular complexity index is 2330. The summed E-state index contributed by atoms with van der Waals surface area (Å²) in [6, 6.07) is 15.9. The van der Waals surface area contributed by atoms with Gasteiger partial charge in [0.25, 0.3) is 0 Å². The van der Waals surface area contributed by atoms with E-state index in [0.29, 0.717) is 23.7 Å². The molecule has 4 aliphatic heterocycles. The van der Waals surface area contributed by atoms with E-state index in [1.54, 1.807) is 0 Å². The first-order valence-electron chi connectivity index (χ1n) is 25.7. The highest BCUT2D eigenvalue weighted by Gasteiger charge is 2.40. The molecule has 2 saturated carbocycles. The lowest BCUT2D eigenvalue weighted by Crippen LogP contribution is -2.33. The summed E-state index contributed by atoms with van der Waals surface area (Å²) >= 11 is 0. The third-order valence-corrected chi connectivity index (χ3v) is 15.9. The summed E-state index contributed by atoms with van der Waals surface area (Å²) in [5.41, 5.74) is 8.72. The zero-order valence-corrected chi connectivity index (χ0v) is 38.8. The van der Waals surface area contributed by atoms with Gasteiger partial charge in [0, 0.05) is 89.7 Å². The Labute approximate surface area is 390 Å². The quantitative estimate of drug-likeness (QED) is 0.0588. The number of rotatable bonds is 21.